The molecule has 1 rings (SSSR count). The van der Waals surface area contributed by atoms with Crippen LogP contribution in [0.5, 0.6) is 0 Å². The Balaban J connectivity index is 2.92. The van der Waals surface area contributed by atoms with Crippen LogP contribution in [-0.2, 0) is 20.9 Å². The standard InChI is InChI=1S/C10H9FO3S/c1-3-8-6-10(11)5-4-9(8)7-14-15(2,12)13/h1,4-6H,7H2,2H3. The number of hydrogen-bond donors (Lipinski definition) is 0. The van der Waals surface area contributed by atoms with E-state index in [1.807, 2.05) is 0 Å². The average Bonchev–Trinajstić information content (AvgIpc) is 2.14. The molecule has 0 aliphatic heterocycles. The number of terminal acetylenes is 1. The van der Waals surface area contributed by atoms with Gasteiger partial charge in [-0.25, -0.2) is 4.39 Å². The van der Waals surface area contributed by atoms with E-state index in [2.05, 4.69) is 10.1 Å². The number of hydrogen-bond acceptors (Lipinski definition) is 3. The van der Waals surface area contributed by atoms with E-state index in [0.29, 0.717) is 11.1 Å². The highest BCUT2D eigenvalue weighted by molar-refractivity contribution is 7.85. The second-order valence-electron chi connectivity index (χ2n) is 2.91. The highest BCUT2D eigenvalue weighted by Gasteiger charge is 2.06. The SMILES string of the molecule is C#Cc1cc(F)ccc1COS(C)(=O)=O. The van der Waals surface area contributed by atoms with Crippen molar-refractivity contribution in [1.29, 1.82) is 0 Å². The van der Waals surface area contributed by atoms with Crippen molar-refractivity contribution in [2.24, 2.45) is 0 Å². The lowest BCUT2D eigenvalue weighted by Crippen LogP contribution is -2.04. The normalized spacial score (nSPS) is 11.0. The molecule has 0 unspecified atom stereocenters. The van der Waals surface area contributed by atoms with E-state index in [9.17, 15) is 12.8 Å². The van der Waals surface area contributed by atoms with Gasteiger partial charge in [-0.1, -0.05) is 12.0 Å². The van der Waals surface area contributed by atoms with Gasteiger partial charge in [0.05, 0.1) is 12.9 Å². The van der Waals surface area contributed by atoms with Crippen LogP contribution in [0.2, 0.25) is 0 Å². The number of benzene rings is 1. The van der Waals surface area contributed by atoms with Crippen molar-refractivity contribution in [2.75, 3.05) is 6.26 Å². The van der Waals surface area contributed by atoms with Crippen LogP contribution in [0.3, 0.4) is 0 Å². The summed E-state index contributed by atoms with van der Waals surface area (Å²) in [4.78, 5) is 0. The molecule has 0 bridgehead atoms. The van der Waals surface area contributed by atoms with Gasteiger partial charge in [0.2, 0.25) is 0 Å². The summed E-state index contributed by atoms with van der Waals surface area (Å²) in [5, 5.41) is 0. The third-order valence-electron chi connectivity index (χ3n) is 1.66. The molecule has 0 radical (unpaired) electrons. The molecule has 3 nitrogen and oxygen atoms in total. The van der Waals surface area contributed by atoms with Crippen molar-refractivity contribution < 1.29 is 17.0 Å². The Labute approximate surface area is 88.0 Å². The van der Waals surface area contributed by atoms with Crippen molar-refractivity contribution >= 4 is 10.1 Å². The van der Waals surface area contributed by atoms with Crippen molar-refractivity contribution in [2.45, 2.75) is 6.61 Å². The zero-order chi connectivity index (χ0) is 11.5. The highest BCUT2D eigenvalue weighted by atomic mass is 32.2. The summed E-state index contributed by atoms with van der Waals surface area (Å²) in [7, 11) is -3.52. The summed E-state index contributed by atoms with van der Waals surface area (Å²) in [6.07, 6.45) is 6.07. The lowest BCUT2D eigenvalue weighted by Gasteiger charge is -2.04. The van der Waals surface area contributed by atoms with Crippen LogP contribution in [0, 0.1) is 18.2 Å². The maximum absolute atomic E-state index is 12.8. The first-order valence-corrected chi connectivity index (χ1v) is 5.83. The fourth-order valence-electron chi connectivity index (χ4n) is 0.979. The maximum atomic E-state index is 12.8. The third kappa shape index (κ3) is 3.70. The molecule has 0 saturated heterocycles. The van der Waals surface area contributed by atoms with Crippen molar-refractivity contribution in [3.63, 3.8) is 0 Å². The maximum Gasteiger partial charge on any atom is 0.264 e. The van der Waals surface area contributed by atoms with E-state index in [4.69, 9.17) is 6.42 Å². The van der Waals surface area contributed by atoms with Crippen LogP contribution in [0.4, 0.5) is 4.39 Å². The quantitative estimate of drug-likeness (QED) is 0.578. The molecule has 1 aromatic carbocycles. The zero-order valence-corrected chi connectivity index (χ0v) is 8.84. The fourth-order valence-corrected chi connectivity index (χ4v) is 1.32. The molecule has 0 spiro atoms. The fraction of sp³-hybridized carbons (Fsp3) is 0.200. The molecule has 0 heterocycles. The lowest BCUT2D eigenvalue weighted by atomic mass is 10.1. The summed E-state index contributed by atoms with van der Waals surface area (Å²) >= 11 is 0. The van der Waals surface area contributed by atoms with Gasteiger partial charge in [0.1, 0.15) is 5.82 Å². The molecule has 0 aromatic heterocycles. The molecule has 0 amide bonds. The van der Waals surface area contributed by atoms with Crippen molar-refractivity contribution in [3.8, 4) is 12.3 Å². The lowest BCUT2D eigenvalue weighted by molar-refractivity contribution is 0.311. The van der Waals surface area contributed by atoms with Gasteiger partial charge in [-0.3, -0.25) is 4.18 Å². The van der Waals surface area contributed by atoms with Crippen LogP contribution in [0.25, 0.3) is 0 Å². The van der Waals surface area contributed by atoms with Crippen LogP contribution in [0.15, 0.2) is 18.2 Å². The summed E-state index contributed by atoms with van der Waals surface area (Å²) in [6, 6.07) is 3.75. The molecule has 15 heavy (non-hydrogen) atoms. The van der Waals surface area contributed by atoms with E-state index in [0.717, 1.165) is 12.3 Å². The molecule has 0 fully saturated rings. The van der Waals surface area contributed by atoms with Crippen LogP contribution in [-0.4, -0.2) is 14.7 Å². The van der Waals surface area contributed by atoms with Gasteiger partial charge < -0.3 is 0 Å². The molecule has 1 aromatic rings. The minimum absolute atomic E-state index is 0.182. The van der Waals surface area contributed by atoms with Crippen LogP contribution < -0.4 is 0 Å². The topological polar surface area (TPSA) is 43.4 Å². The van der Waals surface area contributed by atoms with Gasteiger partial charge in [-0.05, 0) is 17.7 Å². The van der Waals surface area contributed by atoms with Gasteiger partial charge in [0, 0.05) is 5.56 Å². The van der Waals surface area contributed by atoms with E-state index >= 15 is 0 Å². The summed E-state index contributed by atoms with van der Waals surface area (Å²) in [5.74, 6) is 1.79. The summed E-state index contributed by atoms with van der Waals surface area (Å²) in [5.41, 5.74) is 0.753. The van der Waals surface area contributed by atoms with Gasteiger partial charge in [0.25, 0.3) is 10.1 Å². The molecule has 80 valence electrons. The largest absolute Gasteiger partial charge is 0.265 e. The molecule has 0 aliphatic rings. The Morgan fingerprint density at radius 2 is 2.20 bits per heavy atom. The Bertz CT molecular complexity index is 500. The molecular formula is C10H9FO3S. The first-order chi connectivity index (χ1) is 6.92. The molecule has 5 heteroatoms. The van der Waals surface area contributed by atoms with E-state index in [-0.39, 0.29) is 6.61 Å². The first kappa shape index (κ1) is 11.7. The van der Waals surface area contributed by atoms with Gasteiger partial charge in [-0.15, -0.1) is 6.42 Å². The molecule has 0 atom stereocenters. The third-order valence-corrected chi connectivity index (χ3v) is 2.20. The summed E-state index contributed by atoms with van der Waals surface area (Å²) in [6.45, 7) is -0.182. The van der Waals surface area contributed by atoms with Gasteiger partial charge in [-0.2, -0.15) is 8.42 Å². The monoisotopic (exact) mass is 228 g/mol. The smallest absolute Gasteiger partial charge is 0.264 e. The zero-order valence-electron chi connectivity index (χ0n) is 8.03. The van der Waals surface area contributed by atoms with Crippen LogP contribution >= 0.6 is 0 Å². The minimum atomic E-state index is -3.52. The first-order valence-electron chi connectivity index (χ1n) is 4.02. The highest BCUT2D eigenvalue weighted by Crippen LogP contribution is 2.12. The Morgan fingerprint density at radius 1 is 1.53 bits per heavy atom. The molecule has 0 N–H and O–H groups in total. The van der Waals surface area contributed by atoms with Crippen molar-refractivity contribution in [3.05, 3.63) is 35.1 Å². The second-order valence-corrected chi connectivity index (χ2v) is 4.56. The average molecular weight is 228 g/mol. The van der Waals surface area contributed by atoms with E-state index in [1.54, 1.807) is 0 Å². The predicted octanol–water partition coefficient (Wildman–Crippen LogP) is 1.28. The number of halogens is 1. The van der Waals surface area contributed by atoms with Crippen molar-refractivity contribution in [1.82, 2.24) is 0 Å². The second kappa shape index (κ2) is 4.43. The predicted molar refractivity (Wildman–Crippen MR) is 54.0 cm³/mol. The molecule has 0 saturated carbocycles. The Kier molecular flexibility index (Phi) is 3.45. The number of rotatable bonds is 3. The molecule has 0 aliphatic carbocycles. The van der Waals surface area contributed by atoms with Crippen LogP contribution in [0.1, 0.15) is 11.1 Å². The van der Waals surface area contributed by atoms with Gasteiger partial charge >= 0.3 is 0 Å². The van der Waals surface area contributed by atoms with E-state index < -0.39 is 15.9 Å². The van der Waals surface area contributed by atoms with Gasteiger partial charge in [0.15, 0.2) is 0 Å². The Morgan fingerprint density at radius 3 is 2.73 bits per heavy atom. The molecular weight excluding hydrogens is 219 g/mol. The Hall–Kier alpha value is -1.38. The summed E-state index contributed by atoms with van der Waals surface area (Å²) < 4.78 is 38.8. The van der Waals surface area contributed by atoms with E-state index in [1.165, 1.54) is 12.1 Å². The minimum Gasteiger partial charge on any atom is -0.265 e.